The van der Waals surface area contributed by atoms with E-state index in [0.29, 0.717) is 12.9 Å². The zero-order valence-electron chi connectivity index (χ0n) is 18.3. The fourth-order valence-corrected chi connectivity index (χ4v) is 3.02. The first kappa shape index (κ1) is 29.3. The monoisotopic (exact) mass is 508 g/mol. The number of carbonyl (C=O) groups is 3. The van der Waals surface area contributed by atoms with Crippen molar-refractivity contribution in [2.75, 3.05) is 26.7 Å². The summed E-state index contributed by atoms with van der Waals surface area (Å²) in [6, 6.07) is 0. The van der Waals surface area contributed by atoms with Crippen LogP contribution < -0.4 is 10.1 Å². The van der Waals surface area contributed by atoms with Gasteiger partial charge in [-0.1, -0.05) is 0 Å². The number of rotatable bonds is 9. The number of unbranched alkanes of at least 4 members (excludes halogenated alkanes) is 1. The quantitative estimate of drug-likeness (QED) is 0.0632. The van der Waals surface area contributed by atoms with Crippen LogP contribution in [0.4, 0.5) is 22.0 Å². The summed E-state index contributed by atoms with van der Waals surface area (Å²) in [5.74, 6) is -12.5. The molecule has 0 atom stereocenters. The van der Waals surface area contributed by atoms with Gasteiger partial charge >= 0.3 is 151 Å². The second kappa shape index (κ2) is 15.2. The van der Waals surface area contributed by atoms with E-state index in [2.05, 4.69) is 5.32 Å². The van der Waals surface area contributed by atoms with Gasteiger partial charge in [-0.05, 0) is 6.08 Å². The van der Waals surface area contributed by atoms with Crippen LogP contribution in [-0.2, 0) is 19.1 Å². The van der Waals surface area contributed by atoms with Gasteiger partial charge in [0.15, 0.2) is 0 Å². The predicted octanol–water partition coefficient (Wildman–Crippen LogP) is 2.69. The molecule has 7 nitrogen and oxygen atoms in total. The van der Waals surface area contributed by atoms with Crippen molar-refractivity contribution < 1.29 is 45.8 Å². The van der Waals surface area contributed by atoms with E-state index < -0.39 is 40.8 Å². The summed E-state index contributed by atoms with van der Waals surface area (Å²) in [6.07, 6.45) is 5.96. The van der Waals surface area contributed by atoms with E-state index in [4.69, 9.17) is 9.47 Å². The van der Waals surface area contributed by atoms with Crippen LogP contribution in [0.25, 0.3) is 0 Å². The number of nitrogens with one attached hydrogen (secondary N) is 1. The normalized spacial score (nSPS) is 13.3. The van der Waals surface area contributed by atoms with E-state index in [9.17, 15) is 36.3 Å². The third kappa shape index (κ3) is 9.25. The summed E-state index contributed by atoms with van der Waals surface area (Å²) < 4.78 is 78.0. The van der Waals surface area contributed by atoms with E-state index in [1.54, 1.807) is 4.31 Å². The Morgan fingerprint density at radius 3 is 2.24 bits per heavy atom. The number of allylic oxidation sites excluding steroid dienone is 1. The largest absolute Gasteiger partial charge is 0.356 e. The van der Waals surface area contributed by atoms with Crippen LogP contribution in [0, 0.1) is 29.1 Å². The minimum Gasteiger partial charge on any atom is -0.356 e. The minimum atomic E-state index is -2.24. The Bertz CT molecular complexity index is 919. The Morgan fingerprint density at radius 1 is 1.12 bits per heavy atom. The molecule has 0 saturated carbocycles. The van der Waals surface area contributed by atoms with Gasteiger partial charge in [-0.2, -0.15) is 0 Å². The first-order valence-corrected chi connectivity index (χ1v) is 10.8. The van der Waals surface area contributed by atoms with Gasteiger partial charge in [0.25, 0.3) is 0 Å². The molecule has 0 aliphatic carbocycles. The van der Waals surface area contributed by atoms with Crippen LogP contribution in [-0.4, -0.2) is 61.1 Å². The number of halogens is 5. The van der Waals surface area contributed by atoms with E-state index in [0.717, 1.165) is 36.8 Å². The van der Waals surface area contributed by atoms with Gasteiger partial charge in [0, 0.05) is 13.1 Å². The molecule has 0 fully saturated rings. The summed E-state index contributed by atoms with van der Waals surface area (Å²) in [7, 11) is 1.50. The molecule has 0 radical (unpaired) electrons. The van der Waals surface area contributed by atoms with Crippen LogP contribution >= 0.6 is 11.8 Å². The number of hydrogen-bond donors (Lipinski definition) is 1. The molecule has 34 heavy (non-hydrogen) atoms. The molecule has 1 aromatic rings. The standard InChI is InChI=1S/C15H15BF5NO3S.C5H7NO2/c1-2-3-6-24-9(23)7-22-5-4-8(16-26-22)25-15-13(20)11(18)10(17)12(19)14(15)21;1-6-5(8)3-2-4-7/h2-7H2,1H3;2-4H,1H3,(H,6,8)/b;3-2-. The summed E-state index contributed by atoms with van der Waals surface area (Å²) in [5, 5.41) is 2.32. The number of nitrogens with zero attached hydrogens (tertiary/aromatic N) is 1. The van der Waals surface area contributed by atoms with Gasteiger partial charge in [-0.25, -0.2) is 0 Å². The molecule has 1 aliphatic heterocycles. The molecule has 0 saturated heterocycles. The molecule has 186 valence electrons. The van der Waals surface area contributed by atoms with Crippen molar-refractivity contribution in [3.05, 3.63) is 41.2 Å². The maximum absolute atomic E-state index is 13.6. The molecule has 1 amide bonds. The van der Waals surface area contributed by atoms with Crippen molar-refractivity contribution in [2.45, 2.75) is 26.2 Å². The molecule has 1 aromatic carbocycles. The number of aldehydes is 1. The van der Waals surface area contributed by atoms with Crippen LogP contribution in [0.5, 0.6) is 5.75 Å². The fourth-order valence-electron chi connectivity index (χ4n) is 2.21. The van der Waals surface area contributed by atoms with Crippen molar-refractivity contribution in [3.63, 3.8) is 0 Å². The van der Waals surface area contributed by atoms with Crippen molar-refractivity contribution in [1.82, 2.24) is 9.62 Å². The summed E-state index contributed by atoms with van der Waals surface area (Å²) in [4.78, 5) is 31.4. The molecule has 1 heterocycles. The van der Waals surface area contributed by atoms with Gasteiger partial charge in [-0.15, -0.1) is 0 Å². The fraction of sp³-hybridized carbons (Fsp3) is 0.400. The van der Waals surface area contributed by atoms with Crippen molar-refractivity contribution in [3.8, 4) is 5.75 Å². The molecule has 1 N–H and O–H groups in total. The zero-order chi connectivity index (χ0) is 25.7. The number of benzene rings is 1. The number of amides is 1. The van der Waals surface area contributed by atoms with Crippen LogP contribution in [0.15, 0.2) is 12.2 Å². The molecular formula is C20H22BF5N2O5S. The average molecular weight is 508 g/mol. The topological polar surface area (TPSA) is 84.9 Å². The second-order valence-corrected chi connectivity index (χ2v) is 7.45. The molecule has 2 rings (SSSR count). The molecule has 0 bridgehead atoms. The third-order valence-electron chi connectivity index (χ3n) is 3.98. The van der Waals surface area contributed by atoms with Gasteiger partial charge in [0.05, 0.1) is 0 Å². The van der Waals surface area contributed by atoms with Gasteiger partial charge < -0.3 is 5.32 Å². The third-order valence-corrected chi connectivity index (χ3v) is 4.96. The molecule has 1 aliphatic rings. The Morgan fingerprint density at radius 2 is 1.74 bits per heavy atom. The first-order chi connectivity index (χ1) is 16.2. The SMILES string of the molecule is CCCCOC(=O)CN1CCC(Oc2c(F)c(F)c(F)c(F)c2F)=BS1.CNC(=O)/C=C\C=O. The Labute approximate surface area is 197 Å². The Kier molecular flexibility index (Phi) is 13.1. The van der Waals surface area contributed by atoms with Gasteiger partial charge in [-0.3, -0.25) is 9.59 Å². The minimum absolute atomic E-state index is 0.000682. The first-order valence-electron chi connectivity index (χ1n) is 9.95. The molecule has 0 unspecified atom stereocenters. The Balaban J connectivity index is 0.000000620. The van der Waals surface area contributed by atoms with E-state index in [-0.39, 0.29) is 31.1 Å². The smallest absolute Gasteiger partial charge is 0.243 e. The van der Waals surface area contributed by atoms with E-state index >= 15 is 0 Å². The number of carbonyl (C=O) groups excluding carboxylic acids is 3. The Hall–Kier alpha value is -2.74. The summed E-state index contributed by atoms with van der Waals surface area (Å²) in [6.45, 7) is 2.57. The van der Waals surface area contributed by atoms with Crippen LogP contribution in [0.2, 0.25) is 0 Å². The van der Waals surface area contributed by atoms with Crippen molar-refractivity contribution >= 4 is 41.8 Å². The number of likely N-dealkylation sites (N-methyl/N-ethyl adjacent to an activating group) is 1. The van der Waals surface area contributed by atoms with Gasteiger partial charge in [0.2, 0.25) is 5.91 Å². The summed E-state index contributed by atoms with van der Waals surface area (Å²) in [5.41, 5.74) is 0.0220. The molecule has 0 spiro atoms. The predicted molar refractivity (Wildman–Crippen MR) is 117 cm³/mol. The van der Waals surface area contributed by atoms with Crippen LogP contribution in [0.3, 0.4) is 0 Å². The number of esters is 1. The molecule has 14 heteroatoms. The molecular weight excluding hydrogens is 486 g/mol. The van der Waals surface area contributed by atoms with Crippen LogP contribution in [0.1, 0.15) is 26.2 Å². The van der Waals surface area contributed by atoms with Crippen molar-refractivity contribution in [2.24, 2.45) is 0 Å². The average Bonchev–Trinajstić information content (AvgIpc) is 2.84. The van der Waals surface area contributed by atoms with Gasteiger partial charge in [0.1, 0.15) is 6.29 Å². The maximum atomic E-state index is 13.6. The molecule has 0 aromatic heterocycles. The van der Waals surface area contributed by atoms with Crippen molar-refractivity contribution in [1.29, 1.82) is 0 Å². The second-order valence-electron chi connectivity index (χ2n) is 6.49. The zero-order valence-corrected chi connectivity index (χ0v) is 19.2. The van der Waals surface area contributed by atoms with E-state index in [1.165, 1.54) is 13.2 Å². The number of hydrogen-bond acceptors (Lipinski definition) is 7. The maximum Gasteiger partial charge on any atom is 0.243 e. The number of ether oxygens (including phenoxy) is 2. The summed E-state index contributed by atoms with van der Waals surface area (Å²) >= 11 is 1.02. The van der Waals surface area contributed by atoms with E-state index in [1.807, 2.05) is 6.92 Å².